The molecule has 1 aliphatic rings. The lowest BCUT2D eigenvalue weighted by molar-refractivity contribution is -0.111. The number of carbonyl (C=O) groups is 1. The molecule has 2 aromatic rings. The molecule has 1 heterocycles. The number of benzene rings is 2. The molecule has 0 saturated carbocycles. The van der Waals surface area contributed by atoms with Crippen molar-refractivity contribution >= 4 is 5.91 Å². The molecule has 134 valence electrons. The van der Waals surface area contributed by atoms with Crippen LogP contribution in [0.5, 0.6) is 0 Å². The summed E-state index contributed by atoms with van der Waals surface area (Å²) in [7, 11) is 0. The third-order valence-corrected chi connectivity index (χ3v) is 4.61. The van der Waals surface area contributed by atoms with Crippen molar-refractivity contribution in [3.05, 3.63) is 70.8 Å². The van der Waals surface area contributed by atoms with Crippen LogP contribution in [0.2, 0.25) is 0 Å². The Morgan fingerprint density at radius 3 is 2.46 bits per heavy atom. The summed E-state index contributed by atoms with van der Waals surface area (Å²) in [5.41, 5.74) is 1.36. The molecule has 1 N–H and O–H groups in total. The predicted octanol–water partition coefficient (Wildman–Crippen LogP) is 3.52. The van der Waals surface area contributed by atoms with E-state index in [9.17, 15) is 13.6 Å². The summed E-state index contributed by atoms with van der Waals surface area (Å²) in [5, 5.41) is 2.94. The maximum atomic E-state index is 13.6. The highest BCUT2D eigenvalue weighted by Crippen LogP contribution is 2.30. The minimum absolute atomic E-state index is 0.0559. The Morgan fingerprint density at radius 1 is 1.15 bits per heavy atom. The molecule has 1 amide bonds. The number of rotatable bonds is 4. The summed E-state index contributed by atoms with van der Waals surface area (Å²) in [5.74, 6) is 4.00. The zero-order valence-corrected chi connectivity index (χ0v) is 14.4. The van der Waals surface area contributed by atoms with Crippen LogP contribution >= 0.6 is 0 Å². The number of hydrogen-bond donors (Lipinski definition) is 1. The number of ether oxygens (including phenoxy) is 1. The van der Waals surface area contributed by atoms with Crippen LogP contribution in [0.4, 0.5) is 8.78 Å². The van der Waals surface area contributed by atoms with E-state index < -0.39 is 11.6 Å². The van der Waals surface area contributed by atoms with E-state index in [0.717, 1.165) is 18.6 Å². The standard InChI is InChI=1S/C21H19F2NO2/c1-2-21(13-26-14-21)12-24-20(25)17-7-4-15(5-8-17)3-6-16-9-10-18(22)11-19(16)23/h4-5,7-11H,2,12-14H2,1H3,(H,24,25). The van der Waals surface area contributed by atoms with Gasteiger partial charge in [-0.15, -0.1) is 0 Å². The van der Waals surface area contributed by atoms with Crippen molar-refractivity contribution in [3.63, 3.8) is 0 Å². The highest BCUT2D eigenvalue weighted by molar-refractivity contribution is 5.94. The number of carbonyl (C=O) groups excluding carboxylic acids is 1. The van der Waals surface area contributed by atoms with E-state index >= 15 is 0 Å². The van der Waals surface area contributed by atoms with Crippen molar-refractivity contribution in [3.8, 4) is 11.8 Å². The maximum absolute atomic E-state index is 13.6. The SMILES string of the molecule is CCC1(CNC(=O)c2ccc(C#Cc3ccc(F)cc3F)cc2)COC1. The van der Waals surface area contributed by atoms with E-state index in [-0.39, 0.29) is 16.9 Å². The Hall–Kier alpha value is -2.71. The summed E-state index contributed by atoms with van der Waals surface area (Å²) in [4.78, 5) is 12.2. The molecule has 0 spiro atoms. The van der Waals surface area contributed by atoms with Gasteiger partial charge in [-0.3, -0.25) is 4.79 Å². The topological polar surface area (TPSA) is 38.3 Å². The minimum Gasteiger partial charge on any atom is -0.380 e. The van der Waals surface area contributed by atoms with Gasteiger partial charge in [0.25, 0.3) is 5.91 Å². The van der Waals surface area contributed by atoms with Crippen LogP contribution in [0.1, 0.15) is 34.8 Å². The molecule has 1 aliphatic heterocycles. The van der Waals surface area contributed by atoms with E-state index in [4.69, 9.17) is 4.74 Å². The van der Waals surface area contributed by atoms with E-state index in [1.165, 1.54) is 6.07 Å². The minimum atomic E-state index is -0.696. The van der Waals surface area contributed by atoms with Gasteiger partial charge in [0.15, 0.2) is 0 Å². The average Bonchev–Trinajstić information content (AvgIpc) is 2.61. The van der Waals surface area contributed by atoms with Crippen molar-refractivity contribution in [2.75, 3.05) is 19.8 Å². The summed E-state index contributed by atoms with van der Waals surface area (Å²) in [6, 6.07) is 10.0. The normalized spacial score (nSPS) is 14.7. The molecule has 3 rings (SSSR count). The fourth-order valence-corrected chi connectivity index (χ4v) is 2.63. The second kappa shape index (κ2) is 7.67. The molecule has 0 aromatic heterocycles. The molecular formula is C21H19F2NO2. The van der Waals surface area contributed by atoms with Crippen molar-refractivity contribution in [1.29, 1.82) is 0 Å². The first kappa shape index (κ1) is 18.1. The van der Waals surface area contributed by atoms with Crippen molar-refractivity contribution < 1.29 is 18.3 Å². The van der Waals surface area contributed by atoms with Gasteiger partial charge < -0.3 is 10.1 Å². The van der Waals surface area contributed by atoms with E-state index in [1.54, 1.807) is 24.3 Å². The lowest BCUT2D eigenvalue weighted by atomic mass is 9.83. The zero-order chi connectivity index (χ0) is 18.6. The third kappa shape index (κ3) is 4.09. The Kier molecular flexibility index (Phi) is 5.34. The number of amides is 1. The lowest BCUT2D eigenvalue weighted by Crippen LogP contribution is -2.50. The second-order valence-electron chi connectivity index (χ2n) is 6.48. The number of nitrogens with one attached hydrogen (secondary N) is 1. The van der Waals surface area contributed by atoms with Crippen LogP contribution < -0.4 is 5.32 Å². The van der Waals surface area contributed by atoms with Gasteiger partial charge in [-0.05, 0) is 42.8 Å². The quantitative estimate of drug-likeness (QED) is 0.853. The van der Waals surface area contributed by atoms with Gasteiger partial charge in [0.2, 0.25) is 0 Å². The average molecular weight is 355 g/mol. The van der Waals surface area contributed by atoms with Crippen LogP contribution in [0, 0.1) is 28.9 Å². The van der Waals surface area contributed by atoms with Gasteiger partial charge >= 0.3 is 0 Å². The van der Waals surface area contributed by atoms with Crippen molar-refractivity contribution in [2.45, 2.75) is 13.3 Å². The molecule has 0 unspecified atom stereocenters. The smallest absolute Gasteiger partial charge is 0.251 e. The van der Waals surface area contributed by atoms with E-state index in [0.29, 0.717) is 30.9 Å². The molecule has 5 heteroatoms. The van der Waals surface area contributed by atoms with Gasteiger partial charge in [-0.25, -0.2) is 8.78 Å². The predicted molar refractivity (Wildman–Crippen MR) is 94.7 cm³/mol. The maximum Gasteiger partial charge on any atom is 0.251 e. The van der Waals surface area contributed by atoms with Crippen LogP contribution in [0.15, 0.2) is 42.5 Å². The fourth-order valence-electron chi connectivity index (χ4n) is 2.63. The summed E-state index contributed by atoms with van der Waals surface area (Å²) in [6.45, 7) is 4.04. The Morgan fingerprint density at radius 2 is 1.88 bits per heavy atom. The van der Waals surface area contributed by atoms with E-state index in [1.807, 2.05) is 0 Å². The molecule has 0 aliphatic carbocycles. The van der Waals surface area contributed by atoms with Crippen molar-refractivity contribution in [2.24, 2.45) is 5.41 Å². The largest absolute Gasteiger partial charge is 0.380 e. The molecule has 26 heavy (non-hydrogen) atoms. The molecule has 0 bridgehead atoms. The van der Waals surface area contributed by atoms with Crippen LogP contribution in [-0.2, 0) is 4.74 Å². The molecule has 0 atom stereocenters. The van der Waals surface area contributed by atoms with Crippen LogP contribution in [0.25, 0.3) is 0 Å². The summed E-state index contributed by atoms with van der Waals surface area (Å²) < 4.78 is 31.7. The summed E-state index contributed by atoms with van der Waals surface area (Å²) in [6.07, 6.45) is 0.960. The lowest BCUT2D eigenvalue weighted by Gasteiger charge is -2.40. The first-order valence-electron chi connectivity index (χ1n) is 8.44. The van der Waals surface area contributed by atoms with Gasteiger partial charge in [-0.1, -0.05) is 18.8 Å². The highest BCUT2D eigenvalue weighted by atomic mass is 19.1. The monoisotopic (exact) mass is 355 g/mol. The Bertz CT molecular complexity index is 856. The zero-order valence-electron chi connectivity index (χ0n) is 14.4. The second-order valence-corrected chi connectivity index (χ2v) is 6.48. The van der Waals surface area contributed by atoms with Gasteiger partial charge in [0.1, 0.15) is 11.6 Å². The summed E-state index contributed by atoms with van der Waals surface area (Å²) >= 11 is 0. The van der Waals surface area contributed by atoms with Crippen LogP contribution in [-0.4, -0.2) is 25.7 Å². The van der Waals surface area contributed by atoms with Gasteiger partial charge in [0.05, 0.1) is 18.8 Å². The molecule has 1 fully saturated rings. The molecule has 2 aromatic carbocycles. The van der Waals surface area contributed by atoms with Gasteiger partial charge in [0, 0.05) is 29.2 Å². The van der Waals surface area contributed by atoms with Crippen molar-refractivity contribution in [1.82, 2.24) is 5.32 Å². The molecule has 0 radical (unpaired) electrons. The van der Waals surface area contributed by atoms with E-state index in [2.05, 4.69) is 24.1 Å². The molecule has 1 saturated heterocycles. The number of halogens is 2. The molecule has 3 nitrogen and oxygen atoms in total. The van der Waals surface area contributed by atoms with Crippen LogP contribution in [0.3, 0.4) is 0 Å². The Labute approximate surface area is 151 Å². The first-order valence-corrected chi connectivity index (χ1v) is 8.44. The fraction of sp³-hybridized carbons (Fsp3) is 0.286. The third-order valence-electron chi connectivity index (χ3n) is 4.61. The first-order chi connectivity index (χ1) is 12.5. The highest BCUT2D eigenvalue weighted by Gasteiger charge is 2.36. The van der Waals surface area contributed by atoms with Gasteiger partial charge in [-0.2, -0.15) is 0 Å². The number of hydrogen-bond acceptors (Lipinski definition) is 2. The molecular weight excluding hydrogens is 336 g/mol. The Balaban J connectivity index is 1.63.